The summed E-state index contributed by atoms with van der Waals surface area (Å²) in [5, 5.41) is 14.5. The minimum absolute atomic E-state index is 0.128. The molecule has 5 heterocycles. The third kappa shape index (κ3) is 2.51. The maximum absolute atomic E-state index is 9.95. The van der Waals surface area contributed by atoms with Gasteiger partial charge < -0.3 is 9.84 Å². The molecule has 0 fully saturated rings. The number of phenols is 1. The fourth-order valence-electron chi connectivity index (χ4n) is 3.80. The lowest BCUT2D eigenvalue weighted by molar-refractivity contribution is 0.422. The molecule has 8 nitrogen and oxygen atoms in total. The Hall–Kier alpha value is -4.33. The fraction of sp³-hybridized carbons (Fsp3) is 0.0455. The van der Waals surface area contributed by atoms with Gasteiger partial charge in [0.2, 0.25) is 11.7 Å². The van der Waals surface area contributed by atoms with Crippen LogP contribution in [0, 0.1) is 0 Å². The van der Waals surface area contributed by atoms with Crippen molar-refractivity contribution < 1.29 is 9.84 Å². The van der Waals surface area contributed by atoms with E-state index in [1.165, 1.54) is 0 Å². The van der Waals surface area contributed by atoms with Crippen molar-refractivity contribution in [2.45, 2.75) is 5.92 Å². The Bertz CT molecular complexity index is 1390. The highest BCUT2D eigenvalue weighted by molar-refractivity contribution is 5.67. The molecule has 1 aliphatic heterocycles. The molecule has 1 atom stereocenters. The lowest BCUT2D eigenvalue weighted by Gasteiger charge is -2.27. The third-order valence-electron chi connectivity index (χ3n) is 5.10. The first-order chi connectivity index (χ1) is 14.8. The number of fused-ring (bicyclic) bond motifs is 4. The number of ether oxygens (including phenoxy) is 1. The molecular weight excluding hydrogens is 380 g/mol. The number of phenolic OH excluding ortho intramolecular Hbond substituents is 1. The van der Waals surface area contributed by atoms with Gasteiger partial charge in [0, 0.05) is 36.1 Å². The highest BCUT2D eigenvalue weighted by Crippen LogP contribution is 2.48. The van der Waals surface area contributed by atoms with Gasteiger partial charge in [-0.3, -0.25) is 9.97 Å². The Kier molecular flexibility index (Phi) is 3.51. The number of rotatable bonds is 2. The topological polar surface area (TPSA) is 98.3 Å². The molecule has 0 radical (unpaired) electrons. The quantitative estimate of drug-likeness (QED) is 0.479. The lowest BCUT2D eigenvalue weighted by atomic mass is 9.84. The van der Waals surface area contributed by atoms with E-state index >= 15 is 0 Å². The summed E-state index contributed by atoms with van der Waals surface area (Å²) in [7, 11) is 0. The van der Waals surface area contributed by atoms with Crippen LogP contribution in [-0.2, 0) is 0 Å². The van der Waals surface area contributed by atoms with E-state index in [-0.39, 0.29) is 11.7 Å². The van der Waals surface area contributed by atoms with Gasteiger partial charge in [-0.1, -0.05) is 18.2 Å². The van der Waals surface area contributed by atoms with Crippen LogP contribution in [0.2, 0.25) is 0 Å². The Morgan fingerprint density at radius 3 is 2.80 bits per heavy atom. The lowest BCUT2D eigenvalue weighted by Crippen LogP contribution is -2.15. The summed E-state index contributed by atoms with van der Waals surface area (Å²) >= 11 is 0. The van der Waals surface area contributed by atoms with Crippen molar-refractivity contribution in [2.75, 3.05) is 0 Å². The summed E-state index contributed by atoms with van der Waals surface area (Å²) in [6.07, 6.45) is 6.83. The molecule has 0 bridgehead atoms. The standard InChI is InChI=1S/C22H14N6O2/c29-14-6-7-15-17(10-14)30-22-19(18(15)13-4-3-8-23-11-13)21-26-20(27-28(21)12-25-22)16-5-1-2-9-24-16/h1-12,18,29H/t18-/m1/s1. The van der Waals surface area contributed by atoms with Crippen molar-refractivity contribution >= 4 is 5.65 Å². The van der Waals surface area contributed by atoms with Gasteiger partial charge in [0.15, 0.2) is 5.65 Å². The van der Waals surface area contributed by atoms with Gasteiger partial charge in [0.25, 0.3) is 0 Å². The molecule has 1 N–H and O–H groups in total. The zero-order chi connectivity index (χ0) is 20.1. The second-order valence-corrected chi connectivity index (χ2v) is 6.93. The molecule has 1 aliphatic rings. The van der Waals surface area contributed by atoms with Crippen LogP contribution in [0.5, 0.6) is 17.4 Å². The molecule has 8 heteroatoms. The van der Waals surface area contributed by atoms with E-state index < -0.39 is 0 Å². The van der Waals surface area contributed by atoms with E-state index in [1.54, 1.807) is 35.4 Å². The SMILES string of the molecule is Oc1ccc2c(c1)Oc1ncn3nc(-c4ccccn4)nc3c1[C@@H]2c1cccnc1. The van der Waals surface area contributed by atoms with Crippen LogP contribution in [-0.4, -0.2) is 34.7 Å². The van der Waals surface area contributed by atoms with Crippen molar-refractivity contribution in [3.05, 3.63) is 90.1 Å². The van der Waals surface area contributed by atoms with Gasteiger partial charge in [0.05, 0.1) is 5.56 Å². The monoisotopic (exact) mass is 394 g/mol. The molecule has 0 amide bonds. The molecule has 0 saturated carbocycles. The summed E-state index contributed by atoms with van der Waals surface area (Å²) in [5.74, 6) is 1.39. The molecule has 144 valence electrons. The second-order valence-electron chi connectivity index (χ2n) is 6.93. The van der Waals surface area contributed by atoms with Crippen LogP contribution >= 0.6 is 0 Å². The zero-order valence-electron chi connectivity index (χ0n) is 15.5. The molecule has 0 saturated heterocycles. The highest BCUT2D eigenvalue weighted by Gasteiger charge is 2.33. The van der Waals surface area contributed by atoms with Gasteiger partial charge in [-0.15, -0.1) is 5.10 Å². The van der Waals surface area contributed by atoms with Crippen molar-refractivity contribution in [3.8, 4) is 28.9 Å². The van der Waals surface area contributed by atoms with Crippen molar-refractivity contribution in [1.82, 2.24) is 29.5 Å². The average Bonchev–Trinajstić information content (AvgIpc) is 3.23. The van der Waals surface area contributed by atoms with Gasteiger partial charge in [-0.05, 0) is 29.8 Å². The number of hydrogen-bond donors (Lipinski definition) is 1. The molecule has 0 spiro atoms. The zero-order valence-corrected chi connectivity index (χ0v) is 15.5. The first kappa shape index (κ1) is 16.6. The minimum Gasteiger partial charge on any atom is -0.508 e. The van der Waals surface area contributed by atoms with E-state index in [0.717, 1.165) is 16.7 Å². The number of aromatic nitrogens is 6. The van der Waals surface area contributed by atoms with E-state index in [9.17, 15) is 5.11 Å². The number of nitrogens with zero attached hydrogens (tertiary/aromatic N) is 6. The molecule has 0 aliphatic carbocycles. The van der Waals surface area contributed by atoms with E-state index in [0.29, 0.717) is 28.8 Å². The first-order valence-electron chi connectivity index (χ1n) is 9.35. The average molecular weight is 394 g/mol. The van der Waals surface area contributed by atoms with Gasteiger partial charge >= 0.3 is 0 Å². The van der Waals surface area contributed by atoms with Crippen LogP contribution < -0.4 is 4.74 Å². The van der Waals surface area contributed by atoms with Crippen molar-refractivity contribution in [1.29, 1.82) is 0 Å². The van der Waals surface area contributed by atoms with Crippen molar-refractivity contribution in [2.24, 2.45) is 0 Å². The predicted molar refractivity (Wildman–Crippen MR) is 107 cm³/mol. The van der Waals surface area contributed by atoms with Crippen molar-refractivity contribution in [3.63, 3.8) is 0 Å². The Morgan fingerprint density at radius 2 is 1.97 bits per heavy atom. The summed E-state index contributed by atoms with van der Waals surface area (Å²) in [4.78, 5) is 17.9. The number of pyridine rings is 2. The molecular formula is C22H14N6O2. The smallest absolute Gasteiger partial charge is 0.228 e. The number of hydrogen-bond acceptors (Lipinski definition) is 7. The highest BCUT2D eigenvalue weighted by atomic mass is 16.5. The van der Waals surface area contributed by atoms with E-state index in [2.05, 4.69) is 20.1 Å². The Morgan fingerprint density at radius 1 is 1.00 bits per heavy atom. The Labute approximate surface area is 170 Å². The maximum Gasteiger partial charge on any atom is 0.228 e. The summed E-state index contributed by atoms with van der Waals surface area (Å²) in [6, 6.07) is 14.6. The first-order valence-corrected chi connectivity index (χ1v) is 9.35. The van der Waals surface area contributed by atoms with E-state index in [4.69, 9.17) is 9.72 Å². The summed E-state index contributed by atoms with van der Waals surface area (Å²) < 4.78 is 7.68. The van der Waals surface area contributed by atoms with Crippen LogP contribution in [0.4, 0.5) is 0 Å². The van der Waals surface area contributed by atoms with Crippen LogP contribution in [0.1, 0.15) is 22.6 Å². The molecule has 4 aromatic heterocycles. The minimum atomic E-state index is -0.227. The Balaban J connectivity index is 1.63. The van der Waals surface area contributed by atoms with Crippen LogP contribution in [0.15, 0.2) is 73.4 Å². The largest absolute Gasteiger partial charge is 0.508 e. The number of aromatic hydroxyl groups is 1. The van der Waals surface area contributed by atoms with E-state index in [1.807, 2.05) is 42.6 Å². The summed E-state index contributed by atoms with van der Waals surface area (Å²) in [5.41, 5.74) is 3.96. The van der Waals surface area contributed by atoms with Gasteiger partial charge in [-0.2, -0.15) is 0 Å². The van der Waals surface area contributed by atoms with Gasteiger partial charge in [-0.25, -0.2) is 14.5 Å². The molecule has 30 heavy (non-hydrogen) atoms. The predicted octanol–water partition coefficient (Wildman–Crippen LogP) is 3.57. The molecule has 6 rings (SSSR count). The molecule has 0 unspecified atom stereocenters. The molecule has 1 aromatic carbocycles. The maximum atomic E-state index is 9.95. The number of benzene rings is 1. The van der Waals surface area contributed by atoms with Gasteiger partial charge in [0.1, 0.15) is 23.5 Å². The third-order valence-corrected chi connectivity index (χ3v) is 5.10. The summed E-state index contributed by atoms with van der Waals surface area (Å²) in [6.45, 7) is 0. The normalized spacial score (nSPS) is 14.7. The fourth-order valence-corrected chi connectivity index (χ4v) is 3.80. The van der Waals surface area contributed by atoms with Crippen LogP contribution in [0.3, 0.4) is 0 Å². The van der Waals surface area contributed by atoms with Crippen LogP contribution in [0.25, 0.3) is 17.2 Å². The molecule has 5 aromatic rings. The second kappa shape index (κ2) is 6.35.